The van der Waals surface area contributed by atoms with E-state index in [1.54, 1.807) is 4.90 Å². The number of amides is 1. The second-order valence-electron chi connectivity index (χ2n) is 4.92. The summed E-state index contributed by atoms with van der Waals surface area (Å²) in [4.78, 5) is 13.6. The van der Waals surface area contributed by atoms with Crippen molar-refractivity contribution in [1.29, 1.82) is 0 Å². The molecule has 0 bridgehead atoms. The molecule has 1 fully saturated rings. The number of hydrogen-bond donors (Lipinski definition) is 1. The summed E-state index contributed by atoms with van der Waals surface area (Å²) in [6.45, 7) is 2.03. The quantitative estimate of drug-likeness (QED) is 0.889. The van der Waals surface area contributed by atoms with Gasteiger partial charge >= 0.3 is 0 Å². The fraction of sp³-hybridized carbons (Fsp3) is 0.500. The van der Waals surface area contributed by atoms with Gasteiger partial charge in [-0.3, -0.25) is 4.79 Å². The van der Waals surface area contributed by atoms with Crippen molar-refractivity contribution in [3.05, 3.63) is 29.8 Å². The van der Waals surface area contributed by atoms with Crippen LogP contribution in [-0.4, -0.2) is 44.1 Å². The van der Waals surface area contributed by atoms with Gasteiger partial charge in [0.25, 0.3) is 5.91 Å². The second kappa shape index (κ2) is 6.65. The molecular formula is C14H18F2N2O2. The van der Waals surface area contributed by atoms with Crippen LogP contribution >= 0.6 is 0 Å². The van der Waals surface area contributed by atoms with E-state index in [9.17, 15) is 13.6 Å². The highest BCUT2D eigenvalue weighted by Gasteiger charge is 2.25. The molecular weight excluding hydrogens is 266 g/mol. The molecule has 6 heteroatoms. The maximum Gasteiger partial charge on any atom is 0.260 e. The van der Waals surface area contributed by atoms with Gasteiger partial charge in [-0.05, 0) is 38.1 Å². The van der Waals surface area contributed by atoms with Gasteiger partial charge in [0.15, 0.2) is 18.2 Å². The Morgan fingerprint density at radius 1 is 1.50 bits per heavy atom. The highest BCUT2D eigenvalue weighted by Crippen LogP contribution is 2.19. The summed E-state index contributed by atoms with van der Waals surface area (Å²) in [6.07, 6.45) is 0.956. The maximum atomic E-state index is 13.3. The smallest absolute Gasteiger partial charge is 0.260 e. The molecule has 0 radical (unpaired) electrons. The lowest BCUT2D eigenvalue weighted by Crippen LogP contribution is -2.34. The predicted molar refractivity (Wildman–Crippen MR) is 70.5 cm³/mol. The Morgan fingerprint density at radius 2 is 2.30 bits per heavy atom. The van der Waals surface area contributed by atoms with Gasteiger partial charge in [-0.1, -0.05) is 0 Å². The van der Waals surface area contributed by atoms with E-state index in [1.807, 2.05) is 7.05 Å². The molecule has 1 N–H and O–H groups in total. The summed E-state index contributed by atoms with van der Waals surface area (Å²) in [5.41, 5.74) is 0. The summed E-state index contributed by atoms with van der Waals surface area (Å²) < 4.78 is 31.2. The van der Waals surface area contributed by atoms with Gasteiger partial charge in [0.05, 0.1) is 0 Å². The molecule has 1 saturated heterocycles. The van der Waals surface area contributed by atoms with Crippen molar-refractivity contribution in [3.8, 4) is 5.75 Å². The number of hydrogen-bond acceptors (Lipinski definition) is 3. The van der Waals surface area contributed by atoms with Crippen LogP contribution in [0, 0.1) is 17.6 Å². The van der Waals surface area contributed by atoms with Gasteiger partial charge in [0.1, 0.15) is 5.82 Å². The number of nitrogens with one attached hydrogen (secondary N) is 1. The van der Waals surface area contributed by atoms with Gasteiger partial charge in [0, 0.05) is 19.2 Å². The van der Waals surface area contributed by atoms with Crippen molar-refractivity contribution >= 4 is 5.91 Å². The van der Waals surface area contributed by atoms with Crippen molar-refractivity contribution < 1.29 is 18.3 Å². The first kappa shape index (κ1) is 14.7. The Hall–Kier alpha value is -1.69. The molecule has 0 saturated carbocycles. The number of carbonyl (C=O) groups is 1. The second-order valence-corrected chi connectivity index (χ2v) is 4.92. The van der Waals surface area contributed by atoms with Crippen LogP contribution in [0.15, 0.2) is 18.2 Å². The van der Waals surface area contributed by atoms with Gasteiger partial charge in [-0.2, -0.15) is 0 Å². The van der Waals surface area contributed by atoms with Crippen LogP contribution in [0.4, 0.5) is 8.78 Å². The summed E-state index contributed by atoms with van der Waals surface area (Å²) in [7, 11) is 1.88. The molecule has 1 aromatic carbocycles. The molecule has 20 heavy (non-hydrogen) atoms. The van der Waals surface area contributed by atoms with Crippen molar-refractivity contribution in [1.82, 2.24) is 10.2 Å². The summed E-state index contributed by atoms with van der Waals surface area (Å²) in [5, 5.41) is 3.09. The van der Waals surface area contributed by atoms with E-state index in [-0.39, 0.29) is 18.3 Å². The van der Waals surface area contributed by atoms with Crippen LogP contribution in [0.5, 0.6) is 5.75 Å². The number of benzene rings is 1. The van der Waals surface area contributed by atoms with Gasteiger partial charge < -0.3 is 15.0 Å². The van der Waals surface area contributed by atoms with Crippen LogP contribution in [0.1, 0.15) is 6.42 Å². The first-order valence-electron chi connectivity index (χ1n) is 6.60. The molecule has 4 nitrogen and oxygen atoms in total. The van der Waals surface area contributed by atoms with E-state index in [2.05, 4.69) is 5.32 Å². The Labute approximate surface area is 116 Å². The van der Waals surface area contributed by atoms with Crippen LogP contribution in [-0.2, 0) is 4.79 Å². The highest BCUT2D eigenvalue weighted by molar-refractivity contribution is 5.78. The third-order valence-electron chi connectivity index (χ3n) is 3.38. The lowest BCUT2D eigenvalue weighted by molar-refractivity contribution is -0.132. The Morgan fingerprint density at radius 3 is 3.00 bits per heavy atom. The number of carbonyl (C=O) groups excluding carboxylic acids is 1. The molecule has 110 valence electrons. The van der Waals surface area contributed by atoms with Crippen LogP contribution < -0.4 is 10.1 Å². The molecule has 0 spiro atoms. The monoisotopic (exact) mass is 284 g/mol. The predicted octanol–water partition coefficient (Wildman–Crippen LogP) is 1.41. The molecule has 1 aliphatic heterocycles. The molecule has 1 atom stereocenters. The van der Waals surface area contributed by atoms with Gasteiger partial charge in [0.2, 0.25) is 0 Å². The number of ether oxygens (including phenoxy) is 1. The van der Waals surface area contributed by atoms with E-state index < -0.39 is 11.6 Å². The fourth-order valence-electron chi connectivity index (χ4n) is 2.34. The molecule has 0 aliphatic carbocycles. The lowest BCUT2D eigenvalue weighted by Gasteiger charge is -2.17. The summed E-state index contributed by atoms with van der Waals surface area (Å²) in [6, 6.07) is 3.02. The van der Waals surface area contributed by atoms with E-state index in [1.165, 1.54) is 6.07 Å². The standard InChI is InChI=1S/C14H18F2N2O2/c1-17-7-10-4-5-18(8-10)14(19)9-20-13-3-2-11(15)6-12(13)16/h2-3,6,10,17H,4-5,7-9H2,1H3/t10-/m1/s1. The molecule has 1 aliphatic rings. The Kier molecular flexibility index (Phi) is 4.89. The molecule has 1 aromatic rings. The zero-order valence-electron chi connectivity index (χ0n) is 11.4. The normalized spacial score (nSPS) is 18.4. The summed E-state index contributed by atoms with van der Waals surface area (Å²) >= 11 is 0. The molecule has 1 amide bonds. The first-order chi connectivity index (χ1) is 9.60. The maximum absolute atomic E-state index is 13.3. The number of nitrogens with zero attached hydrogens (tertiary/aromatic N) is 1. The Bertz CT molecular complexity index is 482. The SMILES string of the molecule is CNC[C@H]1CCN(C(=O)COc2ccc(F)cc2F)C1. The van der Waals surface area contributed by atoms with Crippen molar-refractivity contribution in [2.24, 2.45) is 5.92 Å². The van der Waals surface area contributed by atoms with Crippen LogP contribution in [0.25, 0.3) is 0 Å². The lowest BCUT2D eigenvalue weighted by atomic mass is 10.1. The van der Waals surface area contributed by atoms with E-state index in [4.69, 9.17) is 4.74 Å². The van der Waals surface area contributed by atoms with E-state index in [0.717, 1.165) is 25.1 Å². The van der Waals surface area contributed by atoms with Gasteiger partial charge in [-0.25, -0.2) is 8.78 Å². The fourth-order valence-corrected chi connectivity index (χ4v) is 2.34. The van der Waals surface area contributed by atoms with Crippen molar-refractivity contribution in [2.75, 3.05) is 33.3 Å². The highest BCUT2D eigenvalue weighted by atomic mass is 19.1. The minimum atomic E-state index is -0.799. The number of rotatable bonds is 5. The zero-order chi connectivity index (χ0) is 14.5. The first-order valence-corrected chi connectivity index (χ1v) is 6.60. The van der Waals surface area contributed by atoms with E-state index >= 15 is 0 Å². The number of halogens is 2. The molecule has 1 heterocycles. The zero-order valence-corrected chi connectivity index (χ0v) is 11.4. The average Bonchev–Trinajstić information content (AvgIpc) is 2.86. The van der Waals surface area contributed by atoms with Crippen LogP contribution in [0.3, 0.4) is 0 Å². The minimum absolute atomic E-state index is 0.106. The van der Waals surface area contributed by atoms with Crippen molar-refractivity contribution in [2.45, 2.75) is 6.42 Å². The van der Waals surface area contributed by atoms with E-state index in [0.29, 0.717) is 19.0 Å². The third-order valence-corrected chi connectivity index (χ3v) is 3.38. The summed E-state index contributed by atoms with van der Waals surface area (Å²) in [5.74, 6) is -1.30. The topological polar surface area (TPSA) is 41.6 Å². The molecule has 0 aromatic heterocycles. The van der Waals surface area contributed by atoms with Crippen LogP contribution in [0.2, 0.25) is 0 Å². The average molecular weight is 284 g/mol. The van der Waals surface area contributed by atoms with Gasteiger partial charge in [-0.15, -0.1) is 0 Å². The largest absolute Gasteiger partial charge is 0.481 e. The number of likely N-dealkylation sites (tertiary alicyclic amines) is 1. The molecule has 2 rings (SSSR count). The van der Waals surface area contributed by atoms with Crippen molar-refractivity contribution in [3.63, 3.8) is 0 Å². The Balaban J connectivity index is 1.83. The molecule has 0 unspecified atom stereocenters. The third kappa shape index (κ3) is 3.66. The minimum Gasteiger partial charge on any atom is -0.481 e.